The number of hydrazone groups is 1. The van der Waals surface area contributed by atoms with E-state index in [1.807, 2.05) is 0 Å². The molecule has 1 aromatic carbocycles. The van der Waals surface area contributed by atoms with Crippen LogP contribution in [0.2, 0.25) is 0 Å². The number of hydrogen-bond donors (Lipinski definition) is 2. The van der Waals surface area contributed by atoms with Crippen LogP contribution < -0.4 is 5.43 Å². The van der Waals surface area contributed by atoms with Gasteiger partial charge in [0.25, 0.3) is 0 Å². The number of benzene rings is 1. The molecule has 0 aliphatic heterocycles. The Morgan fingerprint density at radius 3 is 2.96 bits per heavy atom. The van der Waals surface area contributed by atoms with E-state index in [2.05, 4.69) is 10.5 Å². The van der Waals surface area contributed by atoms with E-state index < -0.39 is 5.91 Å². The van der Waals surface area contributed by atoms with Gasteiger partial charge in [-0.15, -0.1) is 0 Å². The molecule has 1 aliphatic rings. The lowest BCUT2D eigenvalue weighted by Gasteiger charge is -2.09. The lowest BCUT2D eigenvalue weighted by Crippen LogP contribution is -2.16. The number of fused-ring (bicyclic) bond motifs is 3. The van der Waals surface area contributed by atoms with E-state index in [1.165, 1.54) is 12.5 Å². The first kappa shape index (κ1) is 14.6. The summed E-state index contributed by atoms with van der Waals surface area (Å²) in [5.41, 5.74) is 4.81. The second-order valence-corrected chi connectivity index (χ2v) is 5.76. The van der Waals surface area contributed by atoms with Gasteiger partial charge in [0.15, 0.2) is 5.76 Å². The van der Waals surface area contributed by atoms with Crippen LogP contribution in [-0.4, -0.2) is 17.2 Å². The largest absolute Gasteiger partial charge is 0.507 e. The number of nitrogens with one attached hydrogen (secondary N) is 1. The molecule has 24 heavy (non-hydrogen) atoms. The minimum Gasteiger partial charge on any atom is -0.507 e. The molecule has 0 radical (unpaired) electrons. The Morgan fingerprint density at radius 1 is 1.25 bits per heavy atom. The van der Waals surface area contributed by atoms with Crippen molar-refractivity contribution in [1.82, 2.24) is 5.43 Å². The molecule has 0 unspecified atom stereocenters. The molecule has 3 aromatic rings. The number of aryl methyl sites for hydroxylation is 2. The Balaban J connectivity index is 1.68. The molecule has 2 heterocycles. The zero-order chi connectivity index (χ0) is 16.5. The first-order chi connectivity index (χ1) is 11.7. The highest BCUT2D eigenvalue weighted by atomic mass is 16.3. The van der Waals surface area contributed by atoms with Gasteiger partial charge in [0.05, 0.1) is 12.5 Å². The summed E-state index contributed by atoms with van der Waals surface area (Å²) in [6, 6.07) is 6.52. The Bertz CT molecular complexity index is 922. The van der Waals surface area contributed by atoms with E-state index in [9.17, 15) is 9.90 Å². The Labute approximate surface area is 137 Å². The number of amides is 1. The molecule has 122 valence electrons. The van der Waals surface area contributed by atoms with Crippen LogP contribution in [-0.2, 0) is 12.8 Å². The fourth-order valence-corrected chi connectivity index (χ4v) is 3.12. The van der Waals surface area contributed by atoms with Crippen LogP contribution >= 0.6 is 0 Å². The third-order valence-electron chi connectivity index (χ3n) is 4.24. The molecule has 2 N–H and O–H groups in total. The monoisotopic (exact) mass is 324 g/mol. The zero-order valence-corrected chi connectivity index (χ0v) is 12.9. The van der Waals surface area contributed by atoms with Gasteiger partial charge in [-0.1, -0.05) is 0 Å². The van der Waals surface area contributed by atoms with Crippen molar-refractivity contribution in [2.75, 3.05) is 0 Å². The van der Waals surface area contributed by atoms with Gasteiger partial charge in [-0.25, -0.2) is 5.43 Å². The predicted molar refractivity (Wildman–Crippen MR) is 88.3 cm³/mol. The van der Waals surface area contributed by atoms with Crippen LogP contribution in [0.5, 0.6) is 5.75 Å². The van der Waals surface area contributed by atoms with Gasteiger partial charge >= 0.3 is 5.91 Å². The van der Waals surface area contributed by atoms with E-state index in [4.69, 9.17) is 8.83 Å². The average Bonchev–Trinajstić information content (AvgIpc) is 3.24. The molecule has 0 saturated heterocycles. The molecule has 0 spiro atoms. The summed E-state index contributed by atoms with van der Waals surface area (Å²) in [6.45, 7) is 0. The summed E-state index contributed by atoms with van der Waals surface area (Å²) in [6.07, 6.45) is 6.92. The van der Waals surface area contributed by atoms with Crippen LogP contribution in [0.1, 0.15) is 40.3 Å². The van der Waals surface area contributed by atoms with Crippen molar-refractivity contribution < 1.29 is 18.7 Å². The van der Waals surface area contributed by atoms with Crippen LogP contribution in [0.4, 0.5) is 0 Å². The highest BCUT2D eigenvalue weighted by Crippen LogP contribution is 2.36. The molecule has 6 heteroatoms. The van der Waals surface area contributed by atoms with Crippen molar-refractivity contribution in [3.8, 4) is 5.75 Å². The highest BCUT2D eigenvalue weighted by molar-refractivity contribution is 6.03. The molecule has 0 atom stereocenters. The number of phenols is 1. The third kappa shape index (κ3) is 2.46. The summed E-state index contributed by atoms with van der Waals surface area (Å²) in [4.78, 5) is 11.8. The topological polar surface area (TPSA) is 88.0 Å². The summed E-state index contributed by atoms with van der Waals surface area (Å²) >= 11 is 0. The number of phenolic OH excluding ortho intramolecular Hbond substituents is 1. The van der Waals surface area contributed by atoms with Crippen LogP contribution in [0.15, 0.2) is 44.5 Å². The molecular formula is C18H16N2O4. The number of rotatable bonds is 3. The molecule has 4 rings (SSSR count). The molecule has 1 amide bonds. The van der Waals surface area contributed by atoms with Gasteiger partial charge in [0, 0.05) is 22.9 Å². The Hall–Kier alpha value is -3.02. The van der Waals surface area contributed by atoms with Crippen LogP contribution in [0.25, 0.3) is 11.0 Å². The predicted octanol–water partition coefficient (Wildman–Crippen LogP) is 3.37. The summed E-state index contributed by atoms with van der Waals surface area (Å²) in [5.74, 6) is 0.816. The van der Waals surface area contributed by atoms with Gasteiger partial charge in [-0.05, 0) is 43.5 Å². The first-order valence-corrected chi connectivity index (χ1v) is 7.87. The van der Waals surface area contributed by atoms with Gasteiger partial charge in [0.1, 0.15) is 17.1 Å². The normalized spacial score (nSPS) is 14.2. The maximum absolute atomic E-state index is 11.8. The number of furan rings is 2. The lowest BCUT2D eigenvalue weighted by atomic mass is 9.94. The van der Waals surface area contributed by atoms with Gasteiger partial charge in [0.2, 0.25) is 0 Å². The zero-order valence-electron chi connectivity index (χ0n) is 12.9. The standard InChI is InChI=1S/C18H16N2O4/c21-13-7-8-15-17(11-4-1-2-5-14(11)24-15)12(13)10-19-20-18(22)16-6-3-9-23-16/h3,6-10,21H,1-2,4-5H2,(H,20,22)/b19-10-. The highest BCUT2D eigenvalue weighted by Gasteiger charge is 2.21. The number of carbonyl (C=O) groups excluding carboxylic acids is 1. The molecule has 6 nitrogen and oxygen atoms in total. The summed E-state index contributed by atoms with van der Waals surface area (Å²) in [5, 5.41) is 15.0. The number of nitrogens with zero attached hydrogens (tertiary/aromatic N) is 1. The number of carbonyl (C=O) groups is 1. The van der Waals surface area contributed by atoms with Crippen molar-refractivity contribution >= 4 is 23.1 Å². The third-order valence-corrected chi connectivity index (χ3v) is 4.24. The number of hydrogen-bond acceptors (Lipinski definition) is 5. The second-order valence-electron chi connectivity index (χ2n) is 5.76. The second kappa shape index (κ2) is 5.88. The average molecular weight is 324 g/mol. The quantitative estimate of drug-likeness (QED) is 0.571. The minimum atomic E-state index is -0.447. The van der Waals surface area contributed by atoms with E-state index in [0.717, 1.165) is 48.0 Å². The van der Waals surface area contributed by atoms with E-state index >= 15 is 0 Å². The first-order valence-electron chi connectivity index (χ1n) is 7.87. The van der Waals surface area contributed by atoms with Crippen molar-refractivity contribution in [3.63, 3.8) is 0 Å². The van der Waals surface area contributed by atoms with Crippen molar-refractivity contribution in [1.29, 1.82) is 0 Å². The number of aromatic hydroxyl groups is 1. The lowest BCUT2D eigenvalue weighted by molar-refractivity contribution is 0.0927. The minimum absolute atomic E-state index is 0.104. The van der Waals surface area contributed by atoms with Crippen molar-refractivity contribution in [3.05, 3.63) is 53.2 Å². The van der Waals surface area contributed by atoms with Crippen molar-refractivity contribution in [2.45, 2.75) is 25.7 Å². The molecule has 0 saturated carbocycles. The maximum atomic E-state index is 11.8. The maximum Gasteiger partial charge on any atom is 0.307 e. The van der Waals surface area contributed by atoms with Gasteiger partial charge < -0.3 is 13.9 Å². The molecule has 0 bridgehead atoms. The van der Waals surface area contributed by atoms with E-state index in [1.54, 1.807) is 24.3 Å². The Morgan fingerprint density at radius 2 is 2.12 bits per heavy atom. The molecule has 2 aromatic heterocycles. The van der Waals surface area contributed by atoms with Crippen LogP contribution in [0.3, 0.4) is 0 Å². The van der Waals surface area contributed by atoms with Gasteiger partial charge in [-0.3, -0.25) is 4.79 Å². The summed E-state index contributed by atoms with van der Waals surface area (Å²) < 4.78 is 10.9. The molecule has 1 aliphatic carbocycles. The summed E-state index contributed by atoms with van der Waals surface area (Å²) in [7, 11) is 0. The Kier molecular flexibility index (Phi) is 3.57. The fourth-order valence-electron chi connectivity index (χ4n) is 3.12. The van der Waals surface area contributed by atoms with E-state index in [0.29, 0.717) is 5.56 Å². The molecule has 0 fully saturated rings. The van der Waals surface area contributed by atoms with Crippen molar-refractivity contribution in [2.24, 2.45) is 5.10 Å². The fraction of sp³-hybridized carbons (Fsp3) is 0.222. The smallest absolute Gasteiger partial charge is 0.307 e. The molecular weight excluding hydrogens is 308 g/mol. The SMILES string of the molecule is O=C(N/N=C\c1c(O)ccc2oc3c(c12)CCCC3)c1ccco1. The van der Waals surface area contributed by atoms with E-state index in [-0.39, 0.29) is 11.5 Å². The van der Waals surface area contributed by atoms with Crippen LogP contribution in [0, 0.1) is 0 Å². The van der Waals surface area contributed by atoms with Gasteiger partial charge in [-0.2, -0.15) is 5.10 Å².